The maximum absolute atomic E-state index is 13.4. The largest absolute Gasteiger partial charge is 0.452 e. The zero-order valence-electron chi connectivity index (χ0n) is 10.4. The number of fused-ring (bicyclic) bond motifs is 1. The van der Waals surface area contributed by atoms with E-state index in [9.17, 15) is 8.60 Å². The molecule has 0 aliphatic rings. The van der Waals surface area contributed by atoms with Crippen LogP contribution in [0.5, 0.6) is 0 Å². The lowest BCUT2D eigenvalue weighted by atomic mass is 10.2. The Morgan fingerprint density at radius 3 is 2.72 bits per heavy atom. The maximum atomic E-state index is 13.4. The molecule has 18 heavy (non-hydrogen) atoms. The van der Waals surface area contributed by atoms with Crippen molar-refractivity contribution in [3.63, 3.8) is 0 Å². The third kappa shape index (κ3) is 2.67. The molecule has 2 rings (SSSR count). The van der Waals surface area contributed by atoms with Crippen molar-refractivity contribution in [1.29, 1.82) is 0 Å². The van der Waals surface area contributed by atoms with Crippen LogP contribution < -0.4 is 0 Å². The van der Waals surface area contributed by atoms with Crippen LogP contribution in [-0.2, 0) is 11.0 Å². The van der Waals surface area contributed by atoms with E-state index in [4.69, 9.17) is 4.42 Å². The number of benzene rings is 1. The van der Waals surface area contributed by atoms with E-state index in [1.165, 1.54) is 12.3 Å². The molecular weight excluding hydrogens is 253 g/mol. The van der Waals surface area contributed by atoms with Crippen LogP contribution in [0.3, 0.4) is 0 Å². The summed E-state index contributed by atoms with van der Waals surface area (Å²) in [5, 5.41) is 0.665. The normalized spacial score (nSPS) is 14.4. The molecule has 1 aromatic carbocycles. The van der Waals surface area contributed by atoms with E-state index >= 15 is 0 Å². The van der Waals surface area contributed by atoms with Crippen LogP contribution in [-0.4, -0.2) is 15.2 Å². The molecule has 1 unspecified atom stereocenters. The quantitative estimate of drug-likeness (QED) is 0.782. The van der Waals surface area contributed by atoms with Crippen molar-refractivity contribution in [2.45, 2.75) is 25.5 Å². The van der Waals surface area contributed by atoms with Gasteiger partial charge in [-0.2, -0.15) is 4.40 Å². The van der Waals surface area contributed by atoms with Gasteiger partial charge in [0, 0.05) is 5.39 Å². The first-order chi connectivity index (χ1) is 8.38. The number of nitrogens with zero attached hydrogens (tertiary/aromatic N) is 1. The molecule has 0 radical (unpaired) electrons. The number of para-hydroxylation sites is 1. The van der Waals surface area contributed by atoms with Crippen LogP contribution in [0.25, 0.3) is 11.0 Å². The second-order valence-electron chi connectivity index (χ2n) is 4.90. The van der Waals surface area contributed by atoms with E-state index in [2.05, 4.69) is 4.40 Å². The second-order valence-corrected chi connectivity index (χ2v) is 6.84. The lowest BCUT2D eigenvalue weighted by molar-refractivity contribution is 0.556. The van der Waals surface area contributed by atoms with E-state index in [0.717, 1.165) is 0 Å². The fourth-order valence-corrected chi connectivity index (χ4v) is 1.88. The van der Waals surface area contributed by atoms with Gasteiger partial charge in [-0.1, -0.05) is 12.1 Å². The van der Waals surface area contributed by atoms with Crippen LogP contribution in [0.2, 0.25) is 0 Å². The zero-order chi connectivity index (χ0) is 13.3. The van der Waals surface area contributed by atoms with Gasteiger partial charge >= 0.3 is 0 Å². The van der Waals surface area contributed by atoms with Crippen molar-refractivity contribution in [3.8, 4) is 0 Å². The lowest BCUT2D eigenvalue weighted by Gasteiger charge is -2.12. The summed E-state index contributed by atoms with van der Waals surface area (Å²) in [4.78, 5) is 0. The van der Waals surface area contributed by atoms with Gasteiger partial charge in [-0.15, -0.1) is 0 Å². The summed E-state index contributed by atoms with van der Waals surface area (Å²) in [6, 6.07) is 6.36. The van der Waals surface area contributed by atoms with Crippen LogP contribution >= 0.6 is 0 Å². The number of hydrogen-bond donors (Lipinski definition) is 0. The molecule has 1 atom stereocenters. The Morgan fingerprint density at radius 1 is 1.39 bits per heavy atom. The SMILES string of the molecule is CC(C)(C)S(=O)N=Cc1cc2cccc(F)c2o1. The molecule has 0 spiro atoms. The first-order valence-corrected chi connectivity index (χ1v) is 6.63. The van der Waals surface area contributed by atoms with Crippen molar-refractivity contribution < 1.29 is 13.0 Å². The summed E-state index contributed by atoms with van der Waals surface area (Å²) in [7, 11) is -1.35. The van der Waals surface area contributed by atoms with Gasteiger partial charge in [-0.05, 0) is 32.9 Å². The highest BCUT2D eigenvalue weighted by Gasteiger charge is 2.18. The molecule has 0 bridgehead atoms. The van der Waals surface area contributed by atoms with Gasteiger partial charge in [0.1, 0.15) is 16.7 Å². The maximum Gasteiger partial charge on any atom is 0.170 e. The Kier molecular flexibility index (Phi) is 3.34. The van der Waals surface area contributed by atoms with Gasteiger partial charge in [0.25, 0.3) is 0 Å². The minimum Gasteiger partial charge on any atom is -0.452 e. The molecule has 0 saturated heterocycles. The highest BCUT2D eigenvalue weighted by atomic mass is 32.2. The highest BCUT2D eigenvalue weighted by Crippen LogP contribution is 2.21. The smallest absolute Gasteiger partial charge is 0.170 e. The van der Waals surface area contributed by atoms with Gasteiger partial charge in [0.05, 0.1) is 11.0 Å². The monoisotopic (exact) mass is 267 g/mol. The lowest BCUT2D eigenvalue weighted by Crippen LogP contribution is -2.19. The summed E-state index contributed by atoms with van der Waals surface area (Å²) in [6.45, 7) is 5.50. The standard InChI is InChI=1S/C13H14FNO2S/c1-13(2,3)18(16)15-8-10-7-9-5-4-6-11(14)12(9)17-10/h4-8H,1-3H3. The molecule has 2 aromatic rings. The van der Waals surface area contributed by atoms with E-state index in [1.54, 1.807) is 18.2 Å². The Balaban J connectivity index is 2.31. The minimum atomic E-state index is -1.35. The minimum absolute atomic E-state index is 0.195. The van der Waals surface area contributed by atoms with Crippen LogP contribution in [0.15, 0.2) is 33.1 Å². The van der Waals surface area contributed by atoms with E-state index in [-0.39, 0.29) is 5.58 Å². The Morgan fingerprint density at radius 2 is 2.11 bits per heavy atom. The first-order valence-electron chi connectivity index (χ1n) is 5.52. The third-order valence-electron chi connectivity index (χ3n) is 2.31. The van der Waals surface area contributed by atoms with Crippen molar-refractivity contribution >= 4 is 28.2 Å². The van der Waals surface area contributed by atoms with E-state index < -0.39 is 21.5 Å². The molecule has 96 valence electrons. The average Bonchev–Trinajstić information content (AvgIpc) is 2.69. The first kappa shape index (κ1) is 13.0. The molecule has 1 heterocycles. The molecule has 0 saturated carbocycles. The predicted molar refractivity (Wildman–Crippen MR) is 71.7 cm³/mol. The molecular formula is C13H14FNO2S. The van der Waals surface area contributed by atoms with Gasteiger partial charge in [-0.25, -0.2) is 8.60 Å². The highest BCUT2D eigenvalue weighted by molar-refractivity contribution is 7.85. The van der Waals surface area contributed by atoms with Gasteiger partial charge in [-0.3, -0.25) is 0 Å². The molecule has 5 heteroatoms. The Bertz CT molecular complexity index is 625. The molecule has 0 aliphatic heterocycles. The number of furan rings is 1. The molecule has 0 amide bonds. The summed E-state index contributed by atoms with van der Waals surface area (Å²) >= 11 is 0. The molecule has 1 aromatic heterocycles. The predicted octanol–water partition coefficient (Wildman–Crippen LogP) is 3.45. The number of rotatable bonds is 2. The van der Waals surface area contributed by atoms with E-state index in [0.29, 0.717) is 11.1 Å². The van der Waals surface area contributed by atoms with Gasteiger partial charge < -0.3 is 4.42 Å². The topological polar surface area (TPSA) is 42.6 Å². The van der Waals surface area contributed by atoms with Crippen molar-refractivity contribution in [1.82, 2.24) is 0 Å². The van der Waals surface area contributed by atoms with E-state index in [1.807, 2.05) is 20.8 Å². The summed E-state index contributed by atoms with van der Waals surface area (Å²) in [5.41, 5.74) is 0.195. The number of halogens is 1. The fraction of sp³-hybridized carbons (Fsp3) is 0.308. The molecule has 0 aliphatic carbocycles. The second kappa shape index (κ2) is 4.65. The summed E-state index contributed by atoms with van der Waals surface area (Å²) in [5.74, 6) is -0.0169. The average molecular weight is 267 g/mol. The Labute approximate surface area is 107 Å². The third-order valence-corrected chi connectivity index (χ3v) is 3.66. The van der Waals surface area contributed by atoms with Crippen LogP contribution in [0.4, 0.5) is 4.39 Å². The van der Waals surface area contributed by atoms with Crippen LogP contribution in [0.1, 0.15) is 26.5 Å². The van der Waals surface area contributed by atoms with Gasteiger partial charge in [0.15, 0.2) is 11.4 Å². The molecule has 0 fully saturated rings. The zero-order valence-corrected chi connectivity index (χ0v) is 11.3. The Hall–Kier alpha value is -1.49. The fourth-order valence-electron chi connectivity index (χ4n) is 1.37. The van der Waals surface area contributed by atoms with Crippen molar-refractivity contribution in [2.75, 3.05) is 0 Å². The van der Waals surface area contributed by atoms with Crippen molar-refractivity contribution in [3.05, 3.63) is 35.8 Å². The number of hydrogen-bond acceptors (Lipinski definition) is 2. The summed E-state index contributed by atoms with van der Waals surface area (Å²) in [6.07, 6.45) is 1.38. The summed E-state index contributed by atoms with van der Waals surface area (Å²) < 4.78 is 33.9. The molecule has 3 nitrogen and oxygen atoms in total. The van der Waals surface area contributed by atoms with Gasteiger partial charge in [0.2, 0.25) is 0 Å². The van der Waals surface area contributed by atoms with Crippen molar-refractivity contribution in [2.24, 2.45) is 4.40 Å². The molecule has 0 N–H and O–H groups in total. The van der Waals surface area contributed by atoms with Crippen LogP contribution in [0, 0.1) is 5.82 Å².